The molecule has 0 aromatic heterocycles. The second kappa shape index (κ2) is 7.07. The lowest BCUT2D eigenvalue weighted by Crippen LogP contribution is -1.98. The summed E-state index contributed by atoms with van der Waals surface area (Å²) < 4.78 is 5.23. The molecular formula is C9H19O. The maximum Gasteiger partial charge on any atom is 0.0833 e. The van der Waals surface area contributed by atoms with Gasteiger partial charge in [0.15, 0.2) is 0 Å². The fraction of sp³-hybridized carbons (Fsp3) is 0.889. The quantitative estimate of drug-likeness (QED) is 0.519. The number of ether oxygens (including phenoxy) is 1. The highest BCUT2D eigenvalue weighted by atomic mass is 16.5. The molecule has 1 heteroatoms. The van der Waals surface area contributed by atoms with Crippen LogP contribution in [0.5, 0.6) is 0 Å². The van der Waals surface area contributed by atoms with Gasteiger partial charge < -0.3 is 4.74 Å². The van der Waals surface area contributed by atoms with Gasteiger partial charge in [0.2, 0.25) is 0 Å². The van der Waals surface area contributed by atoms with Gasteiger partial charge in [-0.05, 0) is 18.8 Å². The summed E-state index contributed by atoms with van der Waals surface area (Å²) in [6, 6.07) is 0. The van der Waals surface area contributed by atoms with Crippen LogP contribution in [-0.4, -0.2) is 6.61 Å². The van der Waals surface area contributed by atoms with E-state index in [2.05, 4.69) is 20.8 Å². The Balaban J connectivity index is 2.89. The van der Waals surface area contributed by atoms with Gasteiger partial charge >= 0.3 is 0 Å². The van der Waals surface area contributed by atoms with Gasteiger partial charge in [-0.25, -0.2) is 0 Å². The Labute approximate surface area is 64.8 Å². The van der Waals surface area contributed by atoms with Gasteiger partial charge in [0, 0.05) is 6.61 Å². The standard InChI is InChI=1S/C9H19O/c1-4-7-10-8-6-9(3)5-2/h7,9H,4-6,8H2,1-3H3. The van der Waals surface area contributed by atoms with E-state index in [4.69, 9.17) is 4.74 Å². The molecule has 0 N–H and O–H groups in total. The van der Waals surface area contributed by atoms with E-state index in [9.17, 15) is 0 Å². The molecule has 0 fully saturated rings. The zero-order chi connectivity index (χ0) is 7.82. The molecule has 0 aliphatic rings. The molecular weight excluding hydrogens is 124 g/mol. The summed E-state index contributed by atoms with van der Waals surface area (Å²) in [5.41, 5.74) is 0. The molecule has 1 unspecified atom stereocenters. The molecule has 0 bridgehead atoms. The first-order valence-electron chi connectivity index (χ1n) is 4.24. The molecule has 1 atom stereocenters. The monoisotopic (exact) mass is 143 g/mol. The first-order chi connectivity index (χ1) is 4.81. The third-order valence-electron chi connectivity index (χ3n) is 1.71. The predicted octanol–water partition coefficient (Wildman–Crippen LogP) is 3.01. The molecule has 0 saturated carbocycles. The fourth-order valence-electron chi connectivity index (χ4n) is 0.675. The highest BCUT2D eigenvalue weighted by Crippen LogP contribution is 2.06. The van der Waals surface area contributed by atoms with E-state index in [1.165, 1.54) is 12.8 Å². The first kappa shape index (κ1) is 9.96. The van der Waals surface area contributed by atoms with E-state index in [1.807, 2.05) is 6.61 Å². The molecule has 1 nitrogen and oxygen atoms in total. The molecule has 0 aliphatic carbocycles. The maximum atomic E-state index is 5.23. The van der Waals surface area contributed by atoms with Gasteiger partial charge in [0.05, 0.1) is 6.61 Å². The molecule has 0 aromatic carbocycles. The smallest absolute Gasteiger partial charge is 0.0833 e. The fourth-order valence-corrected chi connectivity index (χ4v) is 0.675. The Hall–Kier alpha value is -0.0400. The molecule has 10 heavy (non-hydrogen) atoms. The summed E-state index contributed by atoms with van der Waals surface area (Å²) in [6.07, 6.45) is 3.46. The van der Waals surface area contributed by atoms with Crippen LogP contribution in [0, 0.1) is 12.5 Å². The Bertz CT molecular complexity index is 61.7. The van der Waals surface area contributed by atoms with Crippen LogP contribution < -0.4 is 0 Å². The van der Waals surface area contributed by atoms with E-state index >= 15 is 0 Å². The molecule has 0 aliphatic heterocycles. The number of hydrogen-bond acceptors (Lipinski definition) is 1. The summed E-state index contributed by atoms with van der Waals surface area (Å²) in [6.45, 7) is 9.33. The van der Waals surface area contributed by atoms with E-state index in [0.29, 0.717) is 0 Å². The molecule has 0 heterocycles. The Morgan fingerprint density at radius 2 is 2.10 bits per heavy atom. The van der Waals surface area contributed by atoms with E-state index in [-0.39, 0.29) is 0 Å². The number of rotatable bonds is 6. The van der Waals surface area contributed by atoms with Crippen molar-refractivity contribution in [1.82, 2.24) is 0 Å². The third kappa shape index (κ3) is 6.09. The van der Waals surface area contributed by atoms with Crippen LogP contribution in [-0.2, 0) is 4.74 Å². The minimum Gasteiger partial charge on any atom is -0.376 e. The third-order valence-corrected chi connectivity index (χ3v) is 1.71. The highest BCUT2D eigenvalue weighted by molar-refractivity contribution is 4.50. The van der Waals surface area contributed by atoms with Crippen LogP contribution >= 0.6 is 0 Å². The number of hydrogen-bond donors (Lipinski definition) is 0. The zero-order valence-corrected chi connectivity index (χ0v) is 7.39. The van der Waals surface area contributed by atoms with E-state index < -0.39 is 0 Å². The van der Waals surface area contributed by atoms with Crippen molar-refractivity contribution < 1.29 is 4.74 Å². The average Bonchev–Trinajstić information content (AvgIpc) is 1.98. The lowest BCUT2D eigenvalue weighted by molar-refractivity contribution is 0.176. The second-order valence-corrected chi connectivity index (χ2v) is 2.75. The summed E-state index contributed by atoms with van der Waals surface area (Å²) >= 11 is 0. The Morgan fingerprint density at radius 1 is 1.40 bits per heavy atom. The minimum atomic E-state index is 0.810. The van der Waals surface area contributed by atoms with Crippen LogP contribution in [0.25, 0.3) is 0 Å². The van der Waals surface area contributed by atoms with Crippen LogP contribution in [0.2, 0.25) is 0 Å². The predicted molar refractivity (Wildman–Crippen MR) is 44.6 cm³/mol. The minimum absolute atomic E-state index is 0.810. The summed E-state index contributed by atoms with van der Waals surface area (Å²) in [7, 11) is 0. The van der Waals surface area contributed by atoms with Crippen molar-refractivity contribution in [3.8, 4) is 0 Å². The second-order valence-electron chi connectivity index (χ2n) is 2.75. The van der Waals surface area contributed by atoms with Crippen molar-refractivity contribution in [3.05, 3.63) is 6.61 Å². The Kier molecular flexibility index (Phi) is 7.04. The molecule has 0 aromatic rings. The van der Waals surface area contributed by atoms with Gasteiger partial charge in [-0.2, -0.15) is 0 Å². The largest absolute Gasteiger partial charge is 0.376 e. The summed E-state index contributed by atoms with van der Waals surface area (Å²) in [4.78, 5) is 0. The van der Waals surface area contributed by atoms with Crippen LogP contribution in [0.3, 0.4) is 0 Å². The van der Waals surface area contributed by atoms with Crippen molar-refractivity contribution in [2.24, 2.45) is 5.92 Å². The topological polar surface area (TPSA) is 9.23 Å². The van der Waals surface area contributed by atoms with Gasteiger partial charge in [-0.1, -0.05) is 27.2 Å². The van der Waals surface area contributed by atoms with Crippen LogP contribution in [0.15, 0.2) is 0 Å². The lowest BCUT2D eigenvalue weighted by Gasteiger charge is -2.06. The van der Waals surface area contributed by atoms with Crippen LogP contribution in [0.4, 0.5) is 0 Å². The van der Waals surface area contributed by atoms with Gasteiger partial charge in [0.25, 0.3) is 0 Å². The van der Waals surface area contributed by atoms with Crippen molar-refractivity contribution in [1.29, 1.82) is 0 Å². The SMILES string of the molecule is CC[CH]OCCC(C)CC. The maximum absolute atomic E-state index is 5.23. The molecule has 61 valence electrons. The zero-order valence-electron chi connectivity index (χ0n) is 7.39. The molecule has 0 amide bonds. The van der Waals surface area contributed by atoms with Gasteiger partial charge in [0.1, 0.15) is 0 Å². The molecule has 0 spiro atoms. The lowest BCUT2D eigenvalue weighted by atomic mass is 10.1. The molecule has 0 rings (SSSR count). The van der Waals surface area contributed by atoms with Crippen molar-refractivity contribution in [3.63, 3.8) is 0 Å². The van der Waals surface area contributed by atoms with Crippen LogP contribution in [0.1, 0.15) is 40.0 Å². The summed E-state index contributed by atoms with van der Waals surface area (Å²) in [5.74, 6) is 0.810. The highest BCUT2D eigenvalue weighted by Gasteiger charge is 1.96. The first-order valence-corrected chi connectivity index (χ1v) is 4.24. The van der Waals surface area contributed by atoms with Crippen molar-refractivity contribution in [2.75, 3.05) is 6.61 Å². The molecule has 1 radical (unpaired) electrons. The summed E-state index contributed by atoms with van der Waals surface area (Å²) in [5, 5.41) is 0. The average molecular weight is 143 g/mol. The van der Waals surface area contributed by atoms with E-state index in [1.54, 1.807) is 0 Å². The molecule has 0 saturated heterocycles. The Morgan fingerprint density at radius 3 is 2.60 bits per heavy atom. The van der Waals surface area contributed by atoms with Crippen molar-refractivity contribution in [2.45, 2.75) is 40.0 Å². The van der Waals surface area contributed by atoms with Crippen molar-refractivity contribution >= 4 is 0 Å². The van der Waals surface area contributed by atoms with E-state index in [0.717, 1.165) is 18.9 Å². The normalized spacial score (nSPS) is 13.5. The van der Waals surface area contributed by atoms with Gasteiger partial charge in [-0.3, -0.25) is 0 Å². The van der Waals surface area contributed by atoms with Gasteiger partial charge in [-0.15, -0.1) is 0 Å².